The van der Waals surface area contributed by atoms with E-state index >= 15 is 0 Å². The van der Waals surface area contributed by atoms with Gasteiger partial charge in [-0.3, -0.25) is 9.59 Å². The molecule has 0 radical (unpaired) electrons. The van der Waals surface area contributed by atoms with Gasteiger partial charge in [-0.25, -0.2) is 0 Å². The van der Waals surface area contributed by atoms with Gasteiger partial charge in [0, 0.05) is 6.54 Å². The molecule has 3 rings (SSSR count). The van der Waals surface area contributed by atoms with Crippen molar-refractivity contribution in [2.75, 3.05) is 13.1 Å². The predicted octanol–water partition coefficient (Wildman–Crippen LogP) is 1.45. The fourth-order valence-electron chi connectivity index (χ4n) is 3.47. The van der Waals surface area contributed by atoms with Crippen molar-refractivity contribution >= 4 is 11.8 Å². The largest absolute Gasteiger partial charge is 0.345 e. The second kappa shape index (κ2) is 4.56. The molecular weight excluding hydrogens is 228 g/mol. The number of carbonyl (C=O) groups is 2. The Morgan fingerprint density at radius 1 is 1.17 bits per heavy atom. The van der Waals surface area contributed by atoms with E-state index in [0.29, 0.717) is 0 Å². The van der Waals surface area contributed by atoms with Gasteiger partial charge in [-0.1, -0.05) is 32.1 Å². The number of nitrogens with one attached hydrogen (secondary N) is 1. The Morgan fingerprint density at radius 2 is 1.89 bits per heavy atom. The van der Waals surface area contributed by atoms with Gasteiger partial charge in [0.15, 0.2) is 0 Å². The third kappa shape index (κ3) is 2.02. The summed E-state index contributed by atoms with van der Waals surface area (Å²) in [5.74, 6) is 1.03. The summed E-state index contributed by atoms with van der Waals surface area (Å²) in [6.45, 7) is 0.988. The molecule has 1 spiro atoms. The van der Waals surface area contributed by atoms with Crippen LogP contribution in [0.25, 0.3) is 0 Å². The molecule has 100 valence electrons. The molecule has 1 N–H and O–H groups in total. The van der Waals surface area contributed by atoms with Gasteiger partial charge in [-0.2, -0.15) is 0 Å². The van der Waals surface area contributed by atoms with Crippen LogP contribution in [0.15, 0.2) is 0 Å². The molecule has 2 aliphatic carbocycles. The highest BCUT2D eigenvalue weighted by Crippen LogP contribution is 2.38. The fourth-order valence-corrected chi connectivity index (χ4v) is 3.47. The summed E-state index contributed by atoms with van der Waals surface area (Å²) in [6, 6.07) is 0. The molecule has 0 atom stereocenters. The van der Waals surface area contributed by atoms with Crippen LogP contribution in [0.3, 0.4) is 0 Å². The van der Waals surface area contributed by atoms with Crippen LogP contribution >= 0.6 is 0 Å². The van der Waals surface area contributed by atoms with Gasteiger partial charge in [0.05, 0.1) is 6.54 Å². The van der Waals surface area contributed by atoms with E-state index in [2.05, 4.69) is 5.32 Å². The fraction of sp³-hybridized carbons (Fsp3) is 0.857. The number of piperazine rings is 1. The molecule has 3 fully saturated rings. The smallest absolute Gasteiger partial charge is 0.246 e. The normalized spacial score (nSPS) is 27.4. The zero-order valence-corrected chi connectivity index (χ0v) is 10.9. The van der Waals surface area contributed by atoms with Crippen LogP contribution in [0.1, 0.15) is 51.4 Å². The maximum Gasteiger partial charge on any atom is 0.246 e. The first-order chi connectivity index (χ1) is 8.72. The van der Waals surface area contributed by atoms with Crippen molar-refractivity contribution in [3.63, 3.8) is 0 Å². The van der Waals surface area contributed by atoms with Crippen molar-refractivity contribution in [3.05, 3.63) is 0 Å². The van der Waals surface area contributed by atoms with E-state index in [-0.39, 0.29) is 18.4 Å². The Balaban J connectivity index is 1.78. The molecule has 4 nitrogen and oxygen atoms in total. The lowest BCUT2D eigenvalue weighted by atomic mass is 9.78. The monoisotopic (exact) mass is 250 g/mol. The Bertz CT molecular complexity index is 357. The highest BCUT2D eigenvalue weighted by atomic mass is 16.2. The van der Waals surface area contributed by atoms with E-state index in [9.17, 15) is 9.59 Å². The van der Waals surface area contributed by atoms with Gasteiger partial charge in [-0.15, -0.1) is 0 Å². The number of carbonyl (C=O) groups excluding carboxylic acids is 2. The molecule has 1 saturated heterocycles. The third-order valence-electron chi connectivity index (χ3n) is 4.78. The van der Waals surface area contributed by atoms with Crippen molar-refractivity contribution in [1.29, 1.82) is 0 Å². The third-order valence-corrected chi connectivity index (χ3v) is 4.78. The lowest BCUT2D eigenvalue weighted by Crippen LogP contribution is -2.67. The molecule has 2 amide bonds. The average Bonchev–Trinajstić information content (AvgIpc) is 3.20. The summed E-state index contributed by atoms with van der Waals surface area (Å²) in [7, 11) is 0. The minimum atomic E-state index is -0.498. The zero-order valence-electron chi connectivity index (χ0n) is 10.9. The van der Waals surface area contributed by atoms with Gasteiger partial charge in [0.25, 0.3) is 0 Å². The summed E-state index contributed by atoms with van der Waals surface area (Å²) in [5, 5.41) is 2.80. The standard InChI is InChI=1S/C14H22N2O2/c17-12-10-15-13(18)14(7-2-1-3-8-14)16(12)9-6-11-4-5-11/h11H,1-10H2,(H,15,18). The highest BCUT2D eigenvalue weighted by Gasteiger charge is 2.49. The van der Waals surface area contributed by atoms with Crippen molar-refractivity contribution in [2.45, 2.75) is 56.9 Å². The van der Waals surface area contributed by atoms with E-state index in [4.69, 9.17) is 0 Å². The molecule has 1 aliphatic heterocycles. The van der Waals surface area contributed by atoms with Crippen molar-refractivity contribution < 1.29 is 9.59 Å². The number of rotatable bonds is 3. The molecule has 0 unspecified atom stereocenters. The van der Waals surface area contributed by atoms with Crippen LogP contribution < -0.4 is 5.32 Å². The van der Waals surface area contributed by atoms with Crippen molar-refractivity contribution in [1.82, 2.24) is 10.2 Å². The van der Waals surface area contributed by atoms with Crippen molar-refractivity contribution in [3.8, 4) is 0 Å². The number of nitrogens with zero attached hydrogens (tertiary/aromatic N) is 1. The molecule has 0 bridgehead atoms. The molecule has 2 saturated carbocycles. The van der Waals surface area contributed by atoms with Gasteiger partial charge in [0.1, 0.15) is 5.54 Å². The molecule has 4 heteroatoms. The van der Waals surface area contributed by atoms with Crippen molar-refractivity contribution in [2.24, 2.45) is 5.92 Å². The minimum absolute atomic E-state index is 0.0950. The first-order valence-electron chi connectivity index (χ1n) is 7.31. The van der Waals surface area contributed by atoms with Gasteiger partial charge in [0.2, 0.25) is 11.8 Å². The molecule has 0 aromatic rings. The summed E-state index contributed by atoms with van der Waals surface area (Å²) in [5.41, 5.74) is -0.498. The maximum absolute atomic E-state index is 12.3. The Kier molecular flexibility index (Phi) is 3.04. The van der Waals surface area contributed by atoms with Gasteiger partial charge >= 0.3 is 0 Å². The molecular formula is C14H22N2O2. The predicted molar refractivity (Wildman–Crippen MR) is 67.9 cm³/mol. The molecule has 3 aliphatic rings. The first-order valence-corrected chi connectivity index (χ1v) is 7.31. The van der Waals surface area contributed by atoms with Crippen LogP contribution in [0.5, 0.6) is 0 Å². The van der Waals surface area contributed by atoms with E-state index in [1.165, 1.54) is 19.3 Å². The van der Waals surface area contributed by atoms with Gasteiger partial charge < -0.3 is 10.2 Å². The molecule has 1 heterocycles. The van der Waals surface area contributed by atoms with Crippen LogP contribution in [0.4, 0.5) is 0 Å². The first kappa shape index (κ1) is 12.0. The maximum atomic E-state index is 12.3. The highest BCUT2D eigenvalue weighted by molar-refractivity contribution is 5.98. The minimum Gasteiger partial charge on any atom is -0.345 e. The summed E-state index contributed by atoms with van der Waals surface area (Å²) < 4.78 is 0. The average molecular weight is 250 g/mol. The number of hydrogen-bond donors (Lipinski definition) is 1. The lowest BCUT2D eigenvalue weighted by Gasteiger charge is -2.48. The van der Waals surface area contributed by atoms with E-state index in [1.807, 2.05) is 4.90 Å². The Morgan fingerprint density at radius 3 is 2.56 bits per heavy atom. The number of hydrogen-bond acceptors (Lipinski definition) is 2. The molecule has 0 aromatic heterocycles. The van der Waals surface area contributed by atoms with E-state index in [1.54, 1.807) is 0 Å². The Hall–Kier alpha value is -1.06. The van der Waals surface area contributed by atoms with Crippen LogP contribution in [-0.2, 0) is 9.59 Å². The molecule has 18 heavy (non-hydrogen) atoms. The van der Waals surface area contributed by atoms with Crippen LogP contribution in [0.2, 0.25) is 0 Å². The number of amides is 2. The summed E-state index contributed by atoms with van der Waals surface area (Å²) in [6.07, 6.45) is 8.74. The van der Waals surface area contributed by atoms with E-state index in [0.717, 1.165) is 44.6 Å². The quantitative estimate of drug-likeness (QED) is 0.824. The van der Waals surface area contributed by atoms with Crippen LogP contribution in [-0.4, -0.2) is 35.3 Å². The lowest BCUT2D eigenvalue weighted by molar-refractivity contribution is -0.156. The zero-order chi connectivity index (χ0) is 12.6. The molecule has 0 aromatic carbocycles. The summed E-state index contributed by atoms with van der Waals surface area (Å²) >= 11 is 0. The van der Waals surface area contributed by atoms with Crippen LogP contribution in [0, 0.1) is 5.92 Å². The van der Waals surface area contributed by atoms with Gasteiger partial charge in [-0.05, 0) is 25.2 Å². The van der Waals surface area contributed by atoms with E-state index < -0.39 is 5.54 Å². The Labute approximate surface area is 108 Å². The second-order valence-corrected chi connectivity index (χ2v) is 6.05. The SMILES string of the molecule is O=C1CNC(=O)C2(CCCCC2)N1CCC1CC1. The topological polar surface area (TPSA) is 49.4 Å². The summed E-state index contributed by atoms with van der Waals surface area (Å²) in [4.78, 5) is 26.4. The second-order valence-electron chi connectivity index (χ2n) is 6.05.